The van der Waals surface area contributed by atoms with E-state index in [-0.39, 0.29) is 5.56 Å². The first kappa shape index (κ1) is 18.9. The van der Waals surface area contributed by atoms with Crippen LogP contribution >= 0.6 is 0 Å². The highest BCUT2D eigenvalue weighted by Crippen LogP contribution is 2.32. The van der Waals surface area contributed by atoms with Crippen LogP contribution in [-0.2, 0) is 20.5 Å². The number of aromatic nitrogens is 6. The van der Waals surface area contributed by atoms with E-state index < -0.39 is 0 Å². The molecule has 1 aromatic carbocycles. The fourth-order valence-electron chi connectivity index (χ4n) is 3.56. The van der Waals surface area contributed by atoms with E-state index in [1.165, 1.54) is 0 Å². The number of nitrogens with one attached hydrogen (secondary N) is 1. The molecule has 3 aromatic heterocycles. The summed E-state index contributed by atoms with van der Waals surface area (Å²) >= 11 is 0. The standard InChI is InChI=1S/C21H24N6O2/c1-5-7-15-17-18(27(4)25-15)21(28)24-19(23-17)14-12-13(8-9-16(14)29-6-2)20-22-10-11-26(20)3/h8-12H,5-7H2,1-4H3,(H,23,24,28). The maximum Gasteiger partial charge on any atom is 0.277 e. The van der Waals surface area contributed by atoms with Crippen molar-refractivity contribution in [3.63, 3.8) is 0 Å². The largest absolute Gasteiger partial charge is 0.493 e. The van der Waals surface area contributed by atoms with Crippen molar-refractivity contribution >= 4 is 11.0 Å². The lowest BCUT2D eigenvalue weighted by Gasteiger charge is -2.12. The topological polar surface area (TPSA) is 90.6 Å². The van der Waals surface area contributed by atoms with Gasteiger partial charge < -0.3 is 14.3 Å². The minimum atomic E-state index is -0.216. The third-order valence-electron chi connectivity index (χ3n) is 4.86. The van der Waals surface area contributed by atoms with Gasteiger partial charge in [0.15, 0.2) is 5.52 Å². The lowest BCUT2D eigenvalue weighted by atomic mass is 10.1. The Morgan fingerprint density at radius 2 is 2.03 bits per heavy atom. The Balaban J connectivity index is 1.95. The molecule has 0 spiro atoms. The van der Waals surface area contributed by atoms with Crippen LogP contribution in [0.15, 0.2) is 35.4 Å². The van der Waals surface area contributed by atoms with Gasteiger partial charge in [-0.3, -0.25) is 9.48 Å². The smallest absolute Gasteiger partial charge is 0.277 e. The predicted octanol–water partition coefficient (Wildman–Crippen LogP) is 3.08. The van der Waals surface area contributed by atoms with Gasteiger partial charge >= 0.3 is 0 Å². The van der Waals surface area contributed by atoms with E-state index in [2.05, 4.69) is 22.0 Å². The van der Waals surface area contributed by atoms with Crippen molar-refractivity contribution in [3.05, 3.63) is 46.6 Å². The number of imidazole rings is 1. The quantitative estimate of drug-likeness (QED) is 0.545. The summed E-state index contributed by atoms with van der Waals surface area (Å²) < 4.78 is 9.36. The average molecular weight is 392 g/mol. The molecule has 0 aliphatic rings. The van der Waals surface area contributed by atoms with Gasteiger partial charge in [0.1, 0.15) is 22.9 Å². The van der Waals surface area contributed by atoms with Crippen LogP contribution < -0.4 is 10.3 Å². The Hall–Kier alpha value is -3.42. The number of benzene rings is 1. The molecule has 4 aromatic rings. The molecular formula is C21H24N6O2. The molecule has 0 bridgehead atoms. The van der Waals surface area contributed by atoms with Gasteiger partial charge in [-0.25, -0.2) is 9.97 Å². The third-order valence-corrected chi connectivity index (χ3v) is 4.86. The van der Waals surface area contributed by atoms with Crippen LogP contribution in [0.2, 0.25) is 0 Å². The molecule has 0 unspecified atom stereocenters. The molecule has 150 valence electrons. The van der Waals surface area contributed by atoms with Crippen molar-refractivity contribution in [3.8, 4) is 28.5 Å². The van der Waals surface area contributed by atoms with E-state index in [9.17, 15) is 4.79 Å². The highest BCUT2D eigenvalue weighted by molar-refractivity contribution is 5.80. The molecule has 29 heavy (non-hydrogen) atoms. The average Bonchev–Trinajstić information content (AvgIpc) is 3.26. The van der Waals surface area contributed by atoms with E-state index in [0.717, 1.165) is 35.5 Å². The Bertz CT molecular complexity index is 1230. The third kappa shape index (κ3) is 3.30. The highest BCUT2D eigenvalue weighted by atomic mass is 16.5. The molecule has 0 fully saturated rings. The first-order chi connectivity index (χ1) is 14.0. The number of aryl methyl sites for hydroxylation is 3. The molecule has 0 radical (unpaired) electrons. The molecular weight excluding hydrogens is 368 g/mol. The van der Waals surface area contributed by atoms with Crippen LogP contribution in [-0.4, -0.2) is 35.9 Å². The van der Waals surface area contributed by atoms with Gasteiger partial charge in [0.25, 0.3) is 5.56 Å². The lowest BCUT2D eigenvalue weighted by molar-refractivity contribution is 0.341. The first-order valence-electron chi connectivity index (χ1n) is 9.74. The highest BCUT2D eigenvalue weighted by Gasteiger charge is 2.18. The van der Waals surface area contributed by atoms with Crippen molar-refractivity contribution in [2.75, 3.05) is 6.61 Å². The Kier molecular flexibility index (Phi) is 4.92. The molecule has 0 atom stereocenters. The van der Waals surface area contributed by atoms with Gasteiger partial charge in [0.2, 0.25) is 0 Å². The van der Waals surface area contributed by atoms with Crippen molar-refractivity contribution in [2.24, 2.45) is 14.1 Å². The molecule has 0 saturated heterocycles. The molecule has 1 N–H and O–H groups in total. The van der Waals surface area contributed by atoms with E-state index >= 15 is 0 Å². The number of hydrogen-bond acceptors (Lipinski definition) is 5. The normalized spacial score (nSPS) is 11.3. The van der Waals surface area contributed by atoms with Crippen LogP contribution in [0, 0.1) is 0 Å². The summed E-state index contributed by atoms with van der Waals surface area (Å²) in [6, 6.07) is 5.80. The number of hydrogen-bond donors (Lipinski definition) is 1. The summed E-state index contributed by atoms with van der Waals surface area (Å²) in [6.07, 6.45) is 5.34. The second-order valence-corrected chi connectivity index (χ2v) is 6.94. The SMILES string of the molecule is CCCc1nn(C)c2c(=O)[nH]c(-c3cc(-c4nccn4C)ccc3OCC)nc12. The Morgan fingerprint density at radius 3 is 2.72 bits per heavy atom. The summed E-state index contributed by atoms with van der Waals surface area (Å²) in [6.45, 7) is 4.52. The number of nitrogens with zero attached hydrogens (tertiary/aromatic N) is 5. The van der Waals surface area contributed by atoms with E-state index in [1.807, 2.05) is 42.9 Å². The summed E-state index contributed by atoms with van der Waals surface area (Å²) in [5.41, 5.74) is 3.37. The zero-order valence-electron chi connectivity index (χ0n) is 17.1. The maximum atomic E-state index is 12.8. The number of rotatable bonds is 6. The van der Waals surface area contributed by atoms with Crippen LogP contribution in [0.1, 0.15) is 26.0 Å². The first-order valence-corrected chi connectivity index (χ1v) is 9.74. The second-order valence-electron chi connectivity index (χ2n) is 6.94. The summed E-state index contributed by atoms with van der Waals surface area (Å²) in [5.74, 6) is 1.95. The Morgan fingerprint density at radius 1 is 1.21 bits per heavy atom. The van der Waals surface area contributed by atoms with Crippen LogP contribution in [0.25, 0.3) is 33.8 Å². The predicted molar refractivity (Wildman–Crippen MR) is 112 cm³/mol. The number of H-pyrrole nitrogens is 1. The minimum Gasteiger partial charge on any atom is -0.493 e. The van der Waals surface area contributed by atoms with Gasteiger partial charge in [-0.05, 0) is 31.5 Å². The fourth-order valence-corrected chi connectivity index (χ4v) is 3.56. The second kappa shape index (κ2) is 7.54. The van der Waals surface area contributed by atoms with Gasteiger partial charge in [0.05, 0.1) is 17.9 Å². The molecule has 0 aliphatic heterocycles. The number of aromatic amines is 1. The van der Waals surface area contributed by atoms with Crippen molar-refractivity contribution < 1.29 is 4.74 Å². The van der Waals surface area contributed by atoms with Crippen LogP contribution in [0.3, 0.4) is 0 Å². The molecule has 4 rings (SSSR count). The molecule has 8 heteroatoms. The maximum absolute atomic E-state index is 12.8. The van der Waals surface area contributed by atoms with Crippen molar-refractivity contribution in [1.29, 1.82) is 0 Å². The number of ether oxygens (including phenoxy) is 1. The van der Waals surface area contributed by atoms with Crippen LogP contribution in [0.4, 0.5) is 0 Å². The summed E-state index contributed by atoms with van der Waals surface area (Å²) in [4.78, 5) is 25.0. The van der Waals surface area contributed by atoms with Crippen molar-refractivity contribution in [1.82, 2.24) is 29.3 Å². The zero-order valence-corrected chi connectivity index (χ0v) is 17.1. The summed E-state index contributed by atoms with van der Waals surface area (Å²) in [7, 11) is 3.71. The van der Waals surface area contributed by atoms with E-state index in [1.54, 1.807) is 17.9 Å². The zero-order chi connectivity index (χ0) is 20.5. The van der Waals surface area contributed by atoms with Crippen LogP contribution in [0.5, 0.6) is 5.75 Å². The van der Waals surface area contributed by atoms with Gasteiger partial charge in [-0.2, -0.15) is 5.10 Å². The molecule has 8 nitrogen and oxygen atoms in total. The minimum absolute atomic E-state index is 0.216. The number of fused-ring (bicyclic) bond motifs is 1. The molecule has 0 saturated carbocycles. The van der Waals surface area contributed by atoms with Crippen molar-refractivity contribution in [2.45, 2.75) is 26.7 Å². The fraction of sp³-hybridized carbons (Fsp3) is 0.333. The van der Waals surface area contributed by atoms with Gasteiger partial charge in [-0.1, -0.05) is 13.3 Å². The lowest BCUT2D eigenvalue weighted by Crippen LogP contribution is -2.13. The van der Waals surface area contributed by atoms with E-state index in [4.69, 9.17) is 9.72 Å². The Labute approximate surface area is 168 Å². The monoisotopic (exact) mass is 392 g/mol. The molecule has 3 heterocycles. The summed E-state index contributed by atoms with van der Waals surface area (Å²) in [5, 5.41) is 4.49. The van der Waals surface area contributed by atoms with E-state index in [0.29, 0.717) is 29.2 Å². The van der Waals surface area contributed by atoms with Gasteiger partial charge in [0, 0.05) is 32.1 Å². The van der Waals surface area contributed by atoms with Gasteiger partial charge in [-0.15, -0.1) is 0 Å². The molecule has 0 aliphatic carbocycles. The molecule has 0 amide bonds.